The fourth-order valence-corrected chi connectivity index (χ4v) is 2.68. The summed E-state index contributed by atoms with van der Waals surface area (Å²) in [5.74, 6) is 1.92. The van der Waals surface area contributed by atoms with Crippen molar-refractivity contribution in [1.82, 2.24) is 15.0 Å². The summed E-state index contributed by atoms with van der Waals surface area (Å²) < 4.78 is 15.7. The van der Waals surface area contributed by atoms with Crippen molar-refractivity contribution < 1.29 is 18.5 Å². The topological polar surface area (TPSA) is 81.6 Å². The van der Waals surface area contributed by atoms with Gasteiger partial charge in [-0.05, 0) is 30.3 Å². The van der Waals surface area contributed by atoms with Gasteiger partial charge < -0.3 is 18.6 Å². The molecular formula is C18H18ClN3O4. The minimum Gasteiger partial charge on any atom is -0.496 e. The molecule has 3 rings (SSSR count). The number of aryl methyl sites for hydroxylation is 1. The molecule has 3 aromatic rings. The van der Waals surface area contributed by atoms with Crippen LogP contribution >= 0.6 is 11.6 Å². The molecule has 0 N–H and O–H groups in total. The summed E-state index contributed by atoms with van der Waals surface area (Å²) in [6.07, 6.45) is 2.14. The molecule has 1 aromatic carbocycles. The number of amides is 1. The Morgan fingerprint density at radius 2 is 2.19 bits per heavy atom. The van der Waals surface area contributed by atoms with E-state index < -0.39 is 0 Å². The van der Waals surface area contributed by atoms with Crippen molar-refractivity contribution in [2.24, 2.45) is 0 Å². The lowest BCUT2D eigenvalue weighted by Gasteiger charge is -2.18. The summed E-state index contributed by atoms with van der Waals surface area (Å²) in [7, 11) is 3.31. The van der Waals surface area contributed by atoms with Crippen LogP contribution in [0.4, 0.5) is 0 Å². The lowest BCUT2D eigenvalue weighted by Crippen LogP contribution is -2.26. The van der Waals surface area contributed by atoms with E-state index in [0.29, 0.717) is 41.2 Å². The summed E-state index contributed by atoms with van der Waals surface area (Å²) in [6, 6.07) is 8.81. The van der Waals surface area contributed by atoms with Gasteiger partial charge in [-0.15, -0.1) is 0 Å². The van der Waals surface area contributed by atoms with Crippen LogP contribution in [0.3, 0.4) is 0 Å². The molecule has 0 fully saturated rings. The van der Waals surface area contributed by atoms with E-state index in [1.54, 1.807) is 49.4 Å². The standard InChI is InChI=1S/C18H18ClN3O4/c1-22(11-12-10-13(19)5-6-14(12)24-2)17(23)8-7-16-20-18(21-26-16)15-4-3-9-25-15/h3-6,9-10H,7-8,11H2,1-2H3. The van der Waals surface area contributed by atoms with Crippen LogP contribution in [0.15, 0.2) is 45.5 Å². The van der Waals surface area contributed by atoms with Gasteiger partial charge in [-0.25, -0.2) is 0 Å². The zero-order chi connectivity index (χ0) is 18.5. The molecule has 26 heavy (non-hydrogen) atoms. The summed E-state index contributed by atoms with van der Waals surface area (Å²) in [5.41, 5.74) is 0.841. The normalized spacial score (nSPS) is 10.7. The summed E-state index contributed by atoms with van der Waals surface area (Å²) in [5, 5.41) is 4.44. The van der Waals surface area contributed by atoms with E-state index in [4.69, 9.17) is 25.3 Å². The van der Waals surface area contributed by atoms with E-state index in [0.717, 1.165) is 5.56 Å². The SMILES string of the molecule is COc1ccc(Cl)cc1CN(C)C(=O)CCc1nc(-c2ccco2)no1. The molecule has 0 unspecified atom stereocenters. The molecule has 0 bridgehead atoms. The maximum absolute atomic E-state index is 12.4. The fraction of sp³-hybridized carbons (Fsp3) is 0.278. The van der Waals surface area contributed by atoms with Crippen LogP contribution in [-0.4, -0.2) is 35.1 Å². The number of carbonyl (C=O) groups is 1. The van der Waals surface area contributed by atoms with Crippen molar-refractivity contribution in [3.05, 3.63) is 53.1 Å². The van der Waals surface area contributed by atoms with Crippen LogP contribution in [0.25, 0.3) is 11.6 Å². The van der Waals surface area contributed by atoms with E-state index in [2.05, 4.69) is 10.1 Å². The number of benzene rings is 1. The molecule has 2 aromatic heterocycles. The van der Waals surface area contributed by atoms with E-state index in [1.165, 1.54) is 6.26 Å². The number of halogens is 1. The number of carbonyl (C=O) groups excluding carboxylic acids is 1. The zero-order valence-corrected chi connectivity index (χ0v) is 15.2. The highest BCUT2D eigenvalue weighted by Crippen LogP contribution is 2.24. The van der Waals surface area contributed by atoms with Crippen molar-refractivity contribution in [3.8, 4) is 17.3 Å². The molecule has 2 heterocycles. The van der Waals surface area contributed by atoms with Gasteiger partial charge in [0.25, 0.3) is 0 Å². The number of furan rings is 1. The van der Waals surface area contributed by atoms with Crippen molar-refractivity contribution in [2.75, 3.05) is 14.2 Å². The highest BCUT2D eigenvalue weighted by Gasteiger charge is 2.16. The van der Waals surface area contributed by atoms with Crippen LogP contribution in [0.5, 0.6) is 5.75 Å². The van der Waals surface area contributed by atoms with Gasteiger partial charge in [0.15, 0.2) is 5.76 Å². The minimum absolute atomic E-state index is 0.0511. The van der Waals surface area contributed by atoms with Gasteiger partial charge in [0, 0.05) is 37.0 Å². The predicted molar refractivity (Wildman–Crippen MR) is 94.8 cm³/mol. The summed E-state index contributed by atoms with van der Waals surface area (Å²) in [6.45, 7) is 0.393. The highest BCUT2D eigenvalue weighted by atomic mass is 35.5. The molecule has 1 amide bonds. The van der Waals surface area contributed by atoms with Crippen molar-refractivity contribution in [3.63, 3.8) is 0 Å². The number of rotatable bonds is 7. The van der Waals surface area contributed by atoms with E-state index in [-0.39, 0.29) is 12.3 Å². The van der Waals surface area contributed by atoms with Gasteiger partial charge >= 0.3 is 0 Å². The molecular weight excluding hydrogens is 358 g/mol. The summed E-state index contributed by atoms with van der Waals surface area (Å²) >= 11 is 6.03. The molecule has 136 valence electrons. The number of aromatic nitrogens is 2. The van der Waals surface area contributed by atoms with Gasteiger partial charge in [-0.1, -0.05) is 16.8 Å². The molecule has 0 radical (unpaired) electrons. The molecule has 0 aliphatic rings. The average molecular weight is 376 g/mol. The van der Waals surface area contributed by atoms with Crippen molar-refractivity contribution >= 4 is 17.5 Å². The monoisotopic (exact) mass is 375 g/mol. The highest BCUT2D eigenvalue weighted by molar-refractivity contribution is 6.30. The third kappa shape index (κ3) is 4.23. The minimum atomic E-state index is -0.0511. The Morgan fingerprint density at radius 1 is 1.35 bits per heavy atom. The maximum Gasteiger partial charge on any atom is 0.238 e. The molecule has 0 aliphatic heterocycles. The molecule has 8 heteroatoms. The predicted octanol–water partition coefficient (Wildman–Crippen LogP) is 3.58. The first kappa shape index (κ1) is 18.0. The number of hydrogen-bond acceptors (Lipinski definition) is 6. The Balaban J connectivity index is 1.57. The largest absolute Gasteiger partial charge is 0.496 e. The van der Waals surface area contributed by atoms with E-state index >= 15 is 0 Å². The second-order valence-corrected chi connectivity index (χ2v) is 6.13. The quantitative estimate of drug-likeness (QED) is 0.627. The van der Waals surface area contributed by atoms with Gasteiger partial charge in [0.1, 0.15) is 5.75 Å². The lowest BCUT2D eigenvalue weighted by atomic mass is 10.2. The Bertz CT molecular complexity index is 876. The first-order valence-electron chi connectivity index (χ1n) is 7.99. The lowest BCUT2D eigenvalue weighted by molar-refractivity contribution is -0.130. The number of methoxy groups -OCH3 is 1. The third-order valence-corrected chi connectivity index (χ3v) is 4.07. The maximum atomic E-state index is 12.4. The molecule has 7 nitrogen and oxygen atoms in total. The van der Waals surface area contributed by atoms with E-state index in [1.807, 2.05) is 0 Å². The Hall–Kier alpha value is -2.80. The molecule has 0 saturated carbocycles. The van der Waals surface area contributed by atoms with Gasteiger partial charge in [-0.3, -0.25) is 4.79 Å². The number of nitrogens with zero attached hydrogens (tertiary/aromatic N) is 3. The molecule has 0 atom stereocenters. The Morgan fingerprint density at radius 3 is 2.92 bits per heavy atom. The first-order valence-corrected chi connectivity index (χ1v) is 8.37. The molecule has 0 saturated heterocycles. The first-order chi connectivity index (χ1) is 12.6. The number of ether oxygens (including phenoxy) is 1. The average Bonchev–Trinajstić information content (AvgIpc) is 3.31. The fourth-order valence-electron chi connectivity index (χ4n) is 2.48. The van der Waals surface area contributed by atoms with Crippen LogP contribution in [0.2, 0.25) is 5.02 Å². The van der Waals surface area contributed by atoms with Crippen LogP contribution < -0.4 is 4.74 Å². The number of hydrogen-bond donors (Lipinski definition) is 0. The zero-order valence-electron chi connectivity index (χ0n) is 14.4. The van der Waals surface area contributed by atoms with Crippen LogP contribution in [0.1, 0.15) is 17.9 Å². The van der Waals surface area contributed by atoms with Gasteiger partial charge in [-0.2, -0.15) is 4.98 Å². The van der Waals surface area contributed by atoms with Crippen molar-refractivity contribution in [2.45, 2.75) is 19.4 Å². The Kier molecular flexibility index (Phi) is 5.58. The third-order valence-electron chi connectivity index (χ3n) is 3.84. The second kappa shape index (κ2) is 8.05. The van der Waals surface area contributed by atoms with Gasteiger partial charge in [0.2, 0.25) is 17.6 Å². The Labute approximate surface area is 155 Å². The van der Waals surface area contributed by atoms with E-state index in [9.17, 15) is 4.79 Å². The summed E-state index contributed by atoms with van der Waals surface area (Å²) in [4.78, 5) is 18.2. The van der Waals surface area contributed by atoms with Crippen molar-refractivity contribution in [1.29, 1.82) is 0 Å². The van der Waals surface area contributed by atoms with Gasteiger partial charge in [0.05, 0.1) is 13.4 Å². The smallest absolute Gasteiger partial charge is 0.238 e. The van der Waals surface area contributed by atoms with Crippen LogP contribution in [-0.2, 0) is 17.8 Å². The molecule has 0 aliphatic carbocycles. The second-order valence-electron chi connectivity index (χ2n) is 5.69. The van der Waals surface area contributed by atoms with Crippen LogP contribution in [0, 0.1) is 0 Å². The molecule has 0 spiro atoms.